The summed E-state index contributed by atoms with van der Waals surface area (Å²) in [6, 6.07) is 0. The number of amidine groups is 1. The highest BCUT2D eigenvalue weighted by molar-refractivity contribution is 5.89. The van der Waals surface area contributed by atoms with E-state index in [-0.39, 0.29) is 12.4 Å². The normalized spacial score (nSPS) is 17.5. The van der Waals surface area contributed by atoms with E-state index in [4.69, 9.17) is 11.1 Å². The number of hydrogen-bond donors (Lipinski definition) is 3. The van der Waals surface area contributed by atoms with Crippen LogP contribution in [-0.2, 0) is 0 Å². The lowest BCUT2D eigenvalue weighted by atomic mass is 10.2. The number of nitrogens with zero attached hydrogens (tertiary/aromatic N) is 1. The maximum atomic E-state index is 12.1. The number of piperazine rings is 1. The maximum Gasteiger partial charge on any atom is 0.401 e. The smallest absolute Gasteiger partial charge is 0.386 e. The molecule has 4 nitrogen and oxygen atoms in total. The van der Waals surface area contributed by atoms with Gasteiger partial charge in [0, 0.05) is 25.3 Å². The van der Waals surface area contributed by atoms with Crippen molar-refractivity contribution in [3.8, 4) is 0 Å². The highest BCUT2D eigenvalue weighted by atomic mass is 19.4. The second kappa shape index (κ2) is 10.7. The molecule has 1 saturated heterocycles. The first-order valence-electron chi connectivity index (χ1n) is 6.44. The van der Waals surface area contributed by atoms with E-state index in [9.17, 15) is 13.2 Å². The maximum absolute atomic E-state index is 12.1. The molecule has 1 heterocycles. The minimum absolute atomic E-state index is 0.152. The first kappa shape index (κ1) is 20.1. The zero-order valence-electron chi connectivity index (χ0n) is 12.1. The molecular formula is C12H25F3N4. The molecule has 0 unspecified atom stereocenters. The molecule has 0 aromatic carbocycles. The number of rotatable bonds is 2. The van der Waals surface area contributed by atoms with Crippen molar-refractivity contribution in [2.24, 2.45) is 5.73 Å². The Kier molecular flexibility index (Phi) is 11.3. The average Bonchev–Trinajstić information content (AvgIpc) is 2.31. The van der Waals surface area contributed by atoms with E-state index in [0.717, 1.165) is 0 Å². The standard InChI is InChI=1S/C8H13F3N4.2C2H6/c9-8(10,11)5-15-2-1-14-6(4-15)3-7(12)13;2*1-2/h3,14H,1-2,4-5H2,(H3,12,13);2*1-2H3/b6-3-;;. The lowest BCUT2D eigenvalue weighted by Crippen LogP contribution is -2.46. The fourth-order valence-electron chi connectivity index (χ4n) is 1.42. The zero-order valence-corrected chi connectivity index (χ0v) is 12.1. The van der Waals surface area contributed by atoms with Crippen molar-refractivity contribution in [2.75, 3.05) is 26.2 Å². The Morgan fingerprint density at radius 3 is 2.32 bits per heavy atom. The average molecular weight is 282 g/mol. The van der Waals surface area contributed by atoms with Gasteiger partial charge in [0.2, 0.25) is 0 Å². The summed E-state index contributed by atoms with van der Waals surface area (Å²) in [7, 11) is 0. The van der Waals surface area contributed by atoms with E-state index in [1.54, 1.807) is 0 Å². The minimum atomic E-state index is -4.18. The van der Waals surface area contributed by atoms with Gasteiger partial charge in [-0.3, -0.25) is 10.3 Å². The summed E-state index contributed by atoms with van der Waals surface area (Å²) in [5, 5.41) is 9.89. The third-order valence-electron chi connectivity index (χ3n) is 1.91. The van der Waals surface area contributed by atoms with Crippen molar-refractivity contribution in [1.29, 1.82) is 5.41 Å². The molecule has 0 saturated carbocycles. The summed E-state index contributed by atoms with van der Waals surface area (Å²) in [5.41, 5.74) is 5.68. The molecule has 7 heteroatoms. The monoisotopic (exact) mass is 282 g/mol. The molecule has 0 aromatic heterocycles. The molecule has 0 radical (unpaired) electrons. The molecule has 0 aliphatic carbocycles. The van der Waals surface area contributed by atoms with Crippen LogP contribution in [0.5, 0.6) is 0 Å². The molecule has 0 atom stereocenters. The minimum Gasteiger partial charge on any atom is -0.386 e. The van der Waals surface area contributed by atoms with Crippen LogP contribution in [0.2, 0.25) is 0 Å². The lowest BCUT2D eigenvalue weighted by molar-refractivity contribution is -0.145. The molecule has 0 amide bonds. The first-order valence-corrected chi connectivity index (χ1v) is 6.44. The summed E-state index contributed by atoms with van der Waals surface area (Å²) in [6.45, 7) is 8.01. The fraction of sp³-hybridized carbons (Fsp3) is 0.750. The molecule has 1 rings (SSSR count). The number of nitrogens with two attached hydrogens (primary N) is 1. The number of nitrogens with one attached hydrogen (secondary N) is 2. The van der Waals surface area contributed by atoms with Crippen molar-refractivity contribution in [2.45, 2.75) is 33.9 Å². The quantitative estimate of drug-likeness (QED) is 0.538. The van der Waals surface area contributed by atoms with E-state index in [1.165, 1.54) is 11.0 Å². The third-order valence-corrected chi connectivity index (χ3v) is 1.91. The van der Waals surface area contributed by atoms with Crippen LogP contribution in [0.25, 0.3) is 0 Å². The second-order valence-electron chi connectivity index (χ2n) is 3.38. The summed E-state index contributed by atoms with van der Waals surface area (Å²) >= 11 is 0. The molecule has 0 aromatic rings. The van der Waals surface area contributed by atoms with E-state index >= 15 is 0 Å². The van der Waals surface area contributed by atoms with E-state index in [0.29, 0.717) is 18.8 Å². The van der Waals surface area contributed by atoms with Gasteiger partial charge in [0.25, 0.3) is 0 Å². The topological polar surface area (TPSA) is 65.1 Å². The van der Waals surface area contributed by atoms with Crippen LogP contribution < -0.4 is 11.1 Å². The third kappa shape index (κ3) is 11.6. The lowest BCUT2D eigenvalue weighted by Gasteiger charge is -2.30. The zero-order chi connectivity index (χ0) is 15.5. The van der Waals surface area contributed by atoms with Crippen LogP contribution >= 0.6 is 0 Å². The Balaban J connectivity index is 0. The van der Waals surface area contributed by atoms with Gasteiger partial charge in [-0.1, -0.05) is 27.7 Å². The van der Waals surface area contributed by atoms with Crippen LogP contribution in [0, 0.1) is 5.41 Å². The molecule has 0 bridgehead atoms. The van der Waals surface area contributed by atoms with Crippen molar-refractivity contribution in [1.82, 2.24) is 10.2 Å². The van der Waals surface area contributed by atoms with Gasteiger partial charge in [-0.25, -0.2) is 0 Å². The van der Waals surface area contributed by atoms with Crippen molar-refractivity contribution >= 4 is 5.84 Å². The number of halogens is 3. The largest absolute Gasteiger partial charge is 0.401 e. The molecule has 1 aliphatic heterocycles. The highest BCUT2D eigenvalue weighted by Gasteiger charge is 2.31. The van der Waals surface area contributed by atoms with Gasteiger partial charge < -0.3 is 11.1 Å². The van der Waals surface area contributed by atoms with Crippen LogP contribution in [0.3, 0.4) is 0 Å². The van der Waals surface area contributed by atoms with Crippen LogP contribution in [0.4, 0.5) is 13.2 Å². The van der Waals surface area contributed by atoms with E-state index in [1.807, 2.05) is 27.7 Å². The van der Waals surface area contributed by atoms with Crippen LogP contribution in [0.1, 0.15) is 27.7 Å². The van der Waals surface area contributed by atoms with Gasteiger partial charge in [0.05, 0.1) is 6.54 Å². The molecule has 114 valence electrons. The molecule has 1 fully saturated rings. The first-order chi connectivity index (χ1) is 8.87. The van der Waals surface area contributed by atoms with E-state index in [2.05, 4.69) is 5.32 Å². The Morgan fingerprint density at radius 2 is 1.89 bits per heavy atom. The molecule has 19 heavy (non-hydrogen) atoms. The van der Waals surface area contributed by atoms with Gasteiger partial charge in [0.15, 0.2) is 0 Å². The van der Waals surface area contributed by atoms with Gasteiger partial charge in [-0.2, -0.15) is 13.2 Å². The SMILES string of the molecule is CC.CC.N=C(N)/C=C1/CN(CC(F)(F)F)CCN1. The van der Waals surface area contributed by atoms with Crippen molar-refractivity contribution < 1.29 is 13.2 Å². The fourth-order valence-corrected chi connectivity index (χ4v) is 1.42. The summed E-state index contributed by atoms with van der Waals surface area (Å²) in [6.07, 6.45) is -2.85. The second-order valence-corrected chi connectivity index (χ2v) is 3.38. The highest BCUT2D eigenvalue weighted by Crippen LogP contribution is 2.17. The number of alkyl halides is 3. The Morgan fingerprint density at radius 1 is 1.37 bits per heavy atom. The molecular weight excluding hydrogens is 257 g/mol. The van der Waals surface area contributed by atoms with Gasteiger partial charge >= 0.3 is 6.18 Å². The predicted molar refractivity (Wildman–Crippen MR) is 73.2 cm³/mol. The van der Waals surface area contributed by atoms with Crippen LogP contribution in [-0.4, -0.2) is 43.1 Å². The summed E-state index contributed by atoms with van der Waals surface area (Å²) in [5.74, 6) is -0.161. The van der Waals surface area contributed by atoms with Gasteiger partial charge in [-0.05, 0) is 6.08 Å². The van der Waals surface area contributed by atoms with E-state index < -0.39 is 12.7 Å². The van der Waals surface area contributed by atoms with Crippen LogP contribution in [0.15, 0.2) is 11.8 Å². The Hall–Kier alpha value is -1.24. The van der Waals surface area contributed by atoms with Gasteiger partial charge in [0.1, 0.15) is 5.84 Å². The summed E-state index contributed by atoms with van der Waals surface area (Å²) < 4.78 is 36.2. The van der Waals surface area contributed by atoms with Gasteiger partial charge in [-0.15, -0.1) is 0 Å². The van der Waals surface area contributed by atoms with Crippen molar-refractivity contribution in [3.63, 3.8) is 0 Å². The Labute approximate surface area is 113 Å². The Bertz CT molecular complexity index is 275. The summed E-state index contributed by atoms with van der Waals surface area (Å²) in [4.78, 5) is 1.27. The van der Waals surface area contributed by atoms with Crippen molar-refractivity contribution in [3.05, 3.63) is 11.8 Å². The predicted octanol–water partition coefficient (Wildman–Crippen LogP) is 2.33. The molecule has 1 aliphatic rings. The number of hydrogen-bond acceptors (Lipinski definition) is 3. The molecule has 4 N–H and O–H groups in total. The molecule has 0 spiro atoms.